The van der Waals surface area contributed by atoms with Crippen molar-refractivity contribution in [3.05, 3.63) is 47.0 Å². The third kappa shape index (κ3) is 5.41. The van der Waals surface area contributed by atoms with Crippen LogP contribution in [0.3, 0.4) is 0 Å². The Morgan fingerprint density at radius 3 is 2.39 bits per heavy atom. The summed E-state index contributed by atoms with van der Waals surface area (Å²) in [7, 11) is 0. The van der Waals surface area contributed by atoms with Gasteiger partial charge in [0.25, 0.3) is 5.91 Å². The summed E-state index contributed by atoms with van der Waals surface area (Å²) in [6.07, 6.45) is 13.5. The fourth-order valence-electron chi connectivity index (χ4n) is 6.41. The summed E-state index contributed by atoms with van der Waals surface area (Å²) in [5.74, 6) is 2.06. The molecule has 1 amide bonds. The van der Waals surface area contributed by atoms with E-state index < -0.39 is 0 Å². The lowest BCUT2D eigenvalue weighted by molar-refractivity contribution is 0.0712. The molecule has 1 saturated heterocycles. The molecule has 1 aliphatic heterocycles. The first-order valence-corrected chi connectivity index (χ1v) is 14.5. The average Bonchev–Trinajstić information content (AvgIpc) is 3.67. The minimum atomic E-state index is -0.184. The van der Waals surface area contributed by atoms with E-state index in [4.69, 9.17) is 9.97 Å². The lowest BCUT2D eigenvalue weighted by Crippen LogP contribution is -2.38. The van der Waals surface area contributed by atoms with E-state index in [1.165, 1.54) is 24.8 Å². The quantitative estimate of drug-likeness (QED) is 0.451. The predicted molar refractivity (Wildman–Crippen MR) is 148 cm³/mol. The molecule has 0 atom stereocenters. The van der Waals surface area contributed by atoms with Crippen LogP contribution in [-0.2, 0) is 0 Å². The fraction of sp³-hybridized carbons (Fsp3) is 0.600. The fourth-order valence-corrected chi connectivity index (χ4v) is 6.41. The number of hydrogen-bond donors (Lipinski definition) is 2. The van der Waals surface area contributed by atoms with E-state index in [1.54, 1.807) is 0 Å². The third-order valence-corrected chi connectivity index (χ3v) is 8.75. The second kappa shape index (κ2) is 10.6. The normalized spacial score (nSPS) is 22.7. The zero-order chi connectivity index (χ0) is 26.2. The van der Waals surface area contributed by atoms with Crippen molar-refractivity contribution >= 4 is 22.9 Å². The van der Waals surface area contributed by atoms with Crippen LogP contribution in [0, 0.1) is 19.8 Å². The molecule has 8 nitrogen and oxygen atoms in total. The van der Waals surface area contributed by atoms with Gasteiger partial charge in [0.15, 0.2) is 0 Å². The summed E-state index contributed by atoms with van der Waals surface area (Å²) in [6.45, 7) is 6.29. The van der Waals surface area contributed by atoms with Gasteiger partial charge in [-0.1, -0.05) is 12.8 Å². The van der Waals surface area contributed by atoms with Gasteiger partial charge in [0, 0.05) is 60.4 Å². The van der Waals surface area contributed by atoms with Gasteiger partial charge < -0.3 is 19.9 Å². The van der Waals surface area contributed by atoms with Crippen molar-refractivity contribution in [2.45, 2.75) is 89.7 Å². The van der Waals surface area contributed by atoms with Crippen molar-refractivity contribution in [3.8, 4) is 0 Å². The zero-order valence-corrected chi connectivity index (χ0v) is 22.7. The largest absolute Gasteiger partial charge is 0.393 e. The van der Waals surface area contributed by atoms with Crippen LogP contribution in [0.25, 0.3) is 11.0 Å². The Labute approximate surface area is 224 Å². The predicted octanol–water partition coefficient (Wildman–Crippen LogP) is 5.15. The van der Waals surface area contributed by atoms with Gasteiger partial charge in [-0.25, -0.2) is 4.98 Å². The van der Waals surface area contributed by atoms with Crippen molar-refractivity contribution in [1.29, 1.82) is 0 Å². The van der Waals surface area contributed by atoms with Gasteiger partial charge in [-0.2, -0.15) is 4.98 Å². The highest BCUT2D eigenvalue weighted by Gasteiger charge is 2.30. The molecule has 202 valence electrons. The summed E-state index contributed by atoms with van der Waals surface area (Å²) in [5, 5.41) is 14.7. The summed E-state index contributed by atoms with van der Waals surface area (Å²) < 4.78 is 2.37. The number of fused-ring (bicyclic) bond motifs is 1. The molecule has 2 aliphatic carbocycles. The highest BCUT2D eigenvalue weighted by atomic mass is 16.3. The van der Waals surface area contributed by atoms with Crippen LogP contribution in [0.15, 0.2) is 24.5 Å². The van der Waals surface area contributed by atoms with E-state index in [1.807, 2.05) is 37.1 Å². The van der Waals surface area contributed by atoms with Gasteiger partial charge in [0.1, 0.15) is 5.65 Å². The molecule has 0 unspecified atom stereocenters. The maximum absolute atomic E-state index is 13.2. The number of piperidine rings is 1. The number of aromatic nitrogens is 4. The monoisotopic (exact) mass is 516 g/mol. The average molecular weight is 517 g/mol. The molecule has 4 heterocycles. The van der Waals surface area contributed by atoms with Crippen LogP contribution in [0.2, 0.25) is 0 Å². The van der Waals surface area contributed by atoms with Crippen LogP contribution >= 0.6 is 0 Å². The lowest BCUT2D eigenvalue weighted by Gasteiger charge is -2.32. The molecular weight excluding hydrogens is 476 g/mol. The standard InChI is InChI=1S/C30H40N6O2/c1-19-15-23(16-20(2)33-19)29(38)35-13-10-22(11-14-35)27-18-36(24-5-7-25(37)8-6-24)28-26(27)17-32-30(34-28)31-12-9-21-3-4-21/h15-18,21-22,24-25,37H,3-14H2,1-2H3,(H,31,32,34)/t24-,25-. The summed E-state index contributed by atoms with van der Waals surface area (Å²) >= 11 is 0. The van der Waals surface area contributed by atoms with Gasteiger partial charge in [-0.15, -0.1) is 0 Å². The topological polar surface area (TPSA) is 96.2 Å². The number of pyridine rings is 1. The number of carbonyl (C=O) groups excluding carboxylic acids is 1. The first-order chi connectivity index (χ1) is 18.4. The smallest absolute Gasteiger partial charge is 0.253 e. The number of aryl methyl sites for hydroxylation is 2. The van der Waals surface area contributed by atoms with E-state index >= 15 is 0 Å². The highest BCUT2D eigenvalue weighted by molar-refractivity contribution is 5.94. The Bertz CT molecular complexity index is 1280. The summed E-state index contributed by atoms with van der Waals surface area (Å²) in [6, 6.07) is 4.14. The van der Waals surface area contributed by atoms with Crippen molar-refractivity contribution in [1.82, 2.24) is 24.4 Å². The van der Waals surface area contributed by atoms with Crippen molar-refractivity contribution in [3.63, 3.8) is 0 Å². The summed E-state index contributed by atoms with van der Waals surface area (Å²) in [4.78, 5) is 29.3. The van der Waals surface area contributed by atoms with Gasteiger partial charge in [-0.3, -0.25) is 9.78 Å². The van der Waals surface area contributed by atoms with Gasteiger partial charge >= 0.3 is 0 Å². The lowest BCUT2D eigenvalue weighted by atomic mass is 9.89. The second-order valence-electron chi connectivity index (χ2n) is 11.7. The van der Waals surface area contributed by atoms with Crippen LogP contribution in [0.1, 0.15) is 97.1 Å². The first kappa shape index (κ1) is 25.3. The van der Waals surface area contributed by atoms with Gasteiger partial charge in [0.05, 0.1) is 6.10 Å². The third-order valence-electron chi connectivity index (χ3n) is 8.75. The van der Waals surface area contributed by atoms with E-state index in [9.17, 15) is 9.90 Å². The second-order valence-corrected chi connectivity index (χ2v) is 11.7. The van der Waals surface area contributed by atoms with Crippen LogP contribution < -0.4 is 5.32 Å². The van der Waals surface area contributed by atoms with Crippen molar-refractivity contribution < 1.29 is 9.90 Å². The Balaban J connectivity index is 1.22. The number of hydrogen-bond acceptors (Lipinski definition) is 6. The van der Waals surface area contributed by atoms with Crippen LogP contribution in [0.4, 0.5) is 5.95 Å². The van der Waals surface area contributed by atoms with E-state index in [0.29, 0.717) is 17.9 Å². The number of carbonyl (C=O) groups is 1. The first-order valence-electron chi connectivity index (χ1n) is 14.5. The number of nitrogens with zero attached hydrogens (tertiary/aromatic N) is 5. The molecule has 8 heteroatoms. The minimum Gasteiger partial charge on any atom is -0.393 e. The molecule has 3 aromatic heterocycles. The number of likely N-dealkylation sites (tertiary alicyclic amines) is 1. The van der Waals surface area contributed by atoms with Crippen LogP contribution in [0.5, 0.6) is 0 Å². The molecule has 0 aromatic carbocycles. The van der Waals surface area contributed by atoms with Gasteiger partial charge in [0.2, 0.25) is 5.95 Å². The Morgan fingerprint density at radius 2 is 1.71 bits per heavy atom. The maximum atomic E-state index is 13.2. The van der Waals surface area contributed by atoms with Crippen LogP contribution in [-0.4, -0.2) is 61.2 Å². The Morgan fingerprint density at radius 1 is 1.00 bits per heavy atom. The van der Waals surface area contributed by atoms with E-state index in [0.717, 1.165) is 92.1 Å². The molecule has 3 fully saturated rings. The molecule has 3 aliphatic rings. The van der Waals surface area contributed by atoms with Gasteiger partial charge in [-0.05, 0) is 88.3 Å². The molecule has 6 rings (SSSR count). The Kier molecular flexibility index (Phi) is 7.08. The summed E-state index contributed by atoms with van der Waals surface area (Å²) in [5.41, 5.74) is 4.81. The molecule has 0 radical (unpaired) electrons. The van der Waals surface area contributed by atoms with Crippen molar-refractivity contribution in [2.75, 3.05) is 25.0 Å². The molecule has 2 N–H and O–H groups in total. The minimum absolute atomic E-state index is 0.102. The van der Waals surface area contributed by atoms with E-state index in [-0.39, 0.29) is 12.0 Å². The number of aliphatic hydroxyl groups is 1. The molecule has 0 spiro atoms. The molecule has 3 aromatic rings. The number of amides is 1. The number of rotatable bonds is 7. The SMILES string of the molecule is Cc1cc(C(=O)N2CCC(c3cn([C@H]4CC[C@H](O)CC4)c4nc(NCCC5CC5)ncc34)CC2)cc(C)n1. The maximum Gasteiger partial charge on any atom is 0.253 e. The number of anilines is 1. The molecule has 2 saturated carbocycles. The van der Waals surface area contributed by atoms with E-state index in [2.05, 4.69) is 21.1 Å². The molecular formula is C30H40N6O2. The molecule has 0 bridgehead atoms. The zero-order valence-electron chi connectivity index (χ0n) is 22.7. The Hall–Kier alpha value is -3.00. The number of nitrogens with one attached hydrogen (secondary N) is 1. The van der Waals surface area contributed by atoms with Crippen molar-refractivity contribution in [2.24, 2.45) is 5.92 Å². The highest BCUT2D eigenvalue weighted by Crippen LogP contribution is 2.38. The number of aliphatic hydroxyl groups excluding tert-OH is 1. The molecule has 38 heavy (non-hydrogen) atoms.